The van der Waals surface area contributed by atoms with E-state index in [1.165, 1.54) is 0 Å². The van der Waals surface area contributed by atoms with E-state index >= 15 is 0 Å². The second-order valence-electron chi connectivity index (χ2n) is 8.19. The fourth-order valence-electron chi connectivity index (χ4n) is 4.06. The summed E-state index contributed by atoms with van der Waals surface area (Å²) in [6.45, 7) is 7.50. The zero-order chi connectivity index (χ0) is 19.0. The number of hydrogen-bond acceptors (Lipinski definition) is 3. The molecular weight excluding hydrogens is 340 g/mol. The highest BCUT2D eigenvalue weighted by atomic mass is 16.2. The third-order valence-corrected chi connectivity index (χ3v) is 6.08. The van der Waals surface area contributed by atoms with E-state index in [-0.39, 0.29) is 11.8 Å². The van der Waals surface area contributed by atoms with Crippen LogP contribution in [0.3, 0.4) is 0 Å². The first-order valence-corrected chi connectivity index (χ1v) is 10.1. The second-order valence-corrected chi connectivity index (χ2v) is 8.19. The number of carbonyl (C=O) groups is 2. The van der Waals surface area contributed by atoms with Gasteiger partial charge >= 0.3 is 0 Å². The average molecular weight is 368 g/mol. The number of fused-ring (bicyclic) bond motifs is 1. The molecule has 0 saturated carbocycles. The number of nitrogens with zero attached hydrogens (tertiary/aromatic N) is 4. The predicted molar refractivity (Wildman–Crippen MR) is 104 cm³/mol. The number of piperidine rings is 2. The van der Waals surface area contributed by atoms with Crippen molar-refractivity contribution in [1.29, 1.82) is 0 Å². The van der Waals surface area contributed by atoms with Gasteiger partial charge in [-0.3, -0.25) is 14.0 Å². The molecule has 0 aliphatic carbocycles. The molecule has 144 valence electrons. The van der Waals surface area contributed by atoms with Crippen molar-refractivity contribution in [3.8, 4) is 0 Å². The molecular formula is C21H28N4O2. The minimum absolute atomic E-state index is 0.0584. The van der Waals surface area contributed by atoms with Crippen LogP contribution in [0.4, 0.5) is 0 Å². The van der Waals surface area contributed by atoms with Crippen molar-refractivity contribution in [2.24, 2.45) is 11.8 Å². The minimum atomic E-state index is -0.0746. The molecule has 0 atom stereocenters. The fourth-order valence-corrected chi connectivity index (χ4v) is 4.06. The van der Waals surface area contributed by atoms with Crippen molar-refractivity contribution in [2.45, 2.75) is 39.5 Å². The molecule has 2 fully saturated rings. The third-order valence-electron chi connectivity index (χ3n) is 6.08. The molecule has 0 spiro atoms. The molecule has 2 aliphatic rings. The first-order valence-electron chi connectivity index (χ1n) is 10.1. The Morgan fingerprint density at radius 1 is 0.889 bits per heavy atom. The van der Waals surface area contributed by atoms with Gasteiger partial charge in [-0.25, -0.2) is 4.98 Å². The Bertz CT molecular complexity index is 775. The zero-order valence-corrected chi connectivity index (χ0v) is 16.2. The van der Waals surface area contributed by atoms with E-state index in [0.717, 1.165) is 57.4 Å². The number of rotatable bonds is 2. The van der Waals surface area contributed by atoms with Crippen molar-refractivity contribution in [1.82, 2.24) is 19.2 Å². The lowest BCUT2D eigenvalue weighted by Gasteiger charge is -2.30. The number of carbonyl (C=O) groups excluding carboxylic acids is 2. The highest BCUT2D eigenvalue weighted by molar-refractivity contribution is 6.02. The van der Waals surface area contributed by atoms with Crippen LogP contribution in [0.15, 0.2) is 24.4 Å². The molecule has 6 heteroatoms. The average Bonchev–Trinajstić information content (AvgIpc) is 3.08. The van der Waals surface area contributed by atoms with Gasteiger partial charge in [0.2, 0.25) is 5.82 Å². The van der Waals surface area contributed by atoms with Crippen molar-refractivity contribution in [3.05, 3.63) is 35.9 Å². The van der Waals surface area contributed by atoms with Gasteiger partial charge in [0.05, 0.1) is 5.52 Å². The van der Waals surface area contributed by atoms with E-state index in [2.05, 4.69) is 18.8 Å². The molecule has 2 amide bonds. The van der Waals surface area contributed by atoms with Crippen LogP contribution in [0.5, 0.6) is 0 Å². The first-order chi connectivity index (χ1) is 13.0. The van der Waals surface area contributed by atoms with Gasteiger partial charge in [0.15, 0.2) is 5.69 Å². The Labute approximate surface area is 160 Å². The summed E-state index contributed by atoms with van der Waals surface area (Å²) in [6.07, 6.45) is 5.92. The summed E-state index contributed by atoms with van der Waals surface area (Å²) in [5.41, 5.74) is 1.12. The molecule has 0 radical (unpaired) electrons. The first kappa shape index (κ1) is 18.0. The van der Waals surface area contributed by atoms with E-state index in [0.29, 0.717) is 23.4 Å². The van der Waals surface area contributed by atoms with Crippen molar-refractivity contribution >= 4 is 17.3 Å². The molecule has 27 heavy (non-hydrogen) atoms. The van der Waals surface area contributed by atoms with Crippen molar-refractivity contribution in [3.63, 3.8) is 0 Å². The van der Waals surface area contributed by atoms with Gasteiger partial charge in [0.25, 0.3) is 11.8 Å². The van der Waals surface area contributed by atoms with Gasteiger partial charge in [-0.1, -0.05) is 19.9 Å². The molecule has 2 saturated heterocycles. The smallest absolute Gasteiger partial charge is 0.290 e. The maximum absolute atomic E-state index is 13.1. The van der Waals surface area contributed by atoms with E-state index in [1.807, 2.05) is 34.2 Å². The number of hydrogen-bond donors (Lipinski definition) is 0. The number of imidazole rings is 1. The summed E-state index contributed by atoms with van der Waals surface area (Å²) in [5.74, 6) is 1.54. The largest absolute Gasteiger partial charge is 0.337 e. The van der Waals surface area contributed by atoms with Gasteiger partial charge in [-0.2, -0.15) is 0 Å². The van der Waals surface area contributed by atoms with Crippen molar-refractivity contribution < 1.29 is 9.59 Å². The van der Waals surface area contributed by atoms with Crippen LogP contribution >= 0.6 is 0 Å². The molecule has 2 aliphatic heterocycles. The van der Waals surface area contributed by atoms with Crippen LogP contribution in [0.1, 0.15) is 60.6 Å². The number of likely N-dealkylation sites (tertiary alicyclic amines) is 2. The topological polar surface area (TPSA) is 57.9 Å². The molecule has 2 aromatic heterocycles. The van der Waals surface area contributed by atoms with Gasteiger partial charge in [-0.05, 0) is 49.7 Å². The minimum Gasteiger partial charge on any atom is -0.337 e. The highest BCUT2D eigenvalue weighted by Gasteiger charge is 2.30. The Morgan fingerprint density at radius 3 is 2.04 bits per heavy atom. The summed E-state index contributed by atoms with van der Waals surface area (Å²) < 4.78 is 1.78. The lowest BCUT2D eigenvalue weighted by Crippen LogP contribution is -2.39. The zero-order valence-electron chi connectivity index (χ0n) is 16.2. The summed E-state index contributed by atoms with van der Waals surface area (Å²) in [7, 11) is 0. The van der Waals surface area contributed by atoms with Crippen LogP contribution in [0, 0.1) is 11.8 Å². The summed E-state index contributed by atoms with van der Waals surface area (Å²) in [4.78, 5) is 34.5. The lowest BCUT2D eigenvalue weighted by molar-refractivity contribution is 0.0683. The van der Waals surface area contributed by atoms with E-state index in [4.69, 9.17) is 0 Å². The quantitative estimate of drug-likeness (QED) is 0.818. The number of aromatic nitrogens is 2. The normalized spacial score (nSPS) is 19.6. The fraction of sp³-hybridized carbons (Fsp3) is 0.571. The van der Waals surface area contributed by atoms with Gasteiger partial charge in [0.1, 0.15) is 0 Å². The van der Waals surface area contributed by atoms with Crippen LogP contribution in [0.25, 0.3) is 5.52 Å². The molecule has 0 N–H and O–H groups in total. The Hall–Kier alpha value is -2.37. The Balaban J connectivity index is 1.65. The summed E-state index contributed by atoms with van der Waals surface area (Å²) >= 11 is 0. The molecule has 4 rings (SSSR count). The molecule has 2 aromatic rings. The summed E-state index contributed by atoms with van der Waals surface area (Å²) in [6, 6.07) is 5.64. The van der Waals surface area contributed by atoms with E-state index < -0.39 is 0 Å². The predicted octanol–water partition coefficient (Wildman–Crippen LogP) is 3.08. The van der Waals surface area contributed by atoms with E-state index in [9.17, 15) is 9.59 Å². The van der Waals surface area contributed by atoms with Crippen LogP contribution < -0.4 is 0 Å². The SMILES string of the molecule is CC1CCN(C(=O)c2nc(C(=O)N3CCC(C)CC3)n3ccccc23)CC1. The molecule has 0 unspecified atom stereocenters. The van der Waals surface area contributed by atoms with Crippen LogP contribution in [-0.4, -0.2) is 57.2 Å². The summed E-state index contributed by atoms with van der Waals surface area (Å²) in [5, 5.41) is 0. The standard InChI is InChI=1S/C21H28N4O2/c1-15-6-11-23(12-7-15)20(26)18-17-5-3-4-10-25(17)19(22-18)21(27)24-13-8-16(2)9-14-24/h3-5,10,15-16H,6-9,11-14H2,1-2H3. The lowest BCUT2D eigenvalue weighted by atomic mass is 9.99. The van der Waals surface area contributed by atoms with Crippen LogP contribution in [-0.2, 0) is 0 Å². The Morgan fingerprint density at radius 2 is 1.44 bits per heavy atom. The molecule has 6 nitrogen and oxygen atoms in total. The third kappa shape index (κ3) is 3.45. The molecule has 4 heterocycles. The van der Waals surface area contributed by atoms with Crippen LogP contribution in [0.2, 0.25) is 0 Å². The van der Waals surface area contributed by atoms with Gasteiger partial charge in [-0.15, -0.1) is 0 Å². The molecule has 0 aromatic carbocycles. The highest BCUT2D eigenvalue weighted by Crippen LogP contribution is 2.23. The van der Waals surface area contributed by atoms with Gasteiger partial charge in [0, 0.05) is 32.4 Å². The Kier molecular flexibility index (Phi) is 4.89. The number of amides is 2. The monoisotopic (exact) mass is 368 g/mol. The number of pyridine rings is 1. The van der Waals surface area contributed by atoms with E-state index in [1.54, 1.807) is 4.40 Å². The van der Waals surface area contributed by atoms with Gasteiger partial charge < -0.3 is 9.80 Å². The van der Waals surface area contributed by atoms with Crippen molar-refractivity contribution in [2.75, 3.05) is 26.2 Å². The molecule has 0 bridgehead atoms. The maximum atomic E-state index is 13.1. The second kappa shape index (κ2) is 7.33. The maximum Gasteiger partial charge on any atom is 0.290 e.